The molecule has 1 N–H and O–H groups in total. The van der Waals surface area contributed by atoms with Crippen LogP contribution in [0.4, 0.5) is 0 Å². The summed E-state index contributed by atoms with van der Waals surface area (Å²) in [4.78, 5) is 16.1. The molecule has 5 heteroatoms. The van der Waals surface area contributed by atoms with Gasteiger partial charge in [-0.15, -0.1) is 11.8 Å². The van der Waals surface area contributed by atoms with Crippen LogP contribution < -0.4 is 0 Å². The first kappa shape index (κ1) is 12.9. The van der Waals surface area contributed by atoms with Crippen LogP contribution in [0.2, 0.25) is 5.02 Å². The van der Waals surface area contributed by atoms with E-state index in [1.165, 1.54) is 12.8 Å². The molecule has 0 spiro atoms. The average molecular weight is 296 g/mol. The maximum atomic E-state index is 12.0. The number of fused-ring (bicyclic) bond motifs is 1. The Kier molecular flexibility index (Phi) is 3.46. The number of hydrogen-bond acceptors (Lipinski definition) is 3. The Morgan fingerprint density at radius 2 is 2.32 bits per heavy atom. The van der Waals surface area contributed by atoms with E-state index in [1.807, 2.05) is 25.1 Å². The highest BCUT2D eigenvalue weighted by Crippen LogP contribution is 2.44. The maximum absolute atomic E-state index is 12.0. The van der Waals surface area contributed by atoms with Crippen molar-refractivity contribution >= 4 is 40.2 Å². The minimum atomic E-state index is -0.294. The molecule has 19 heavy (non-hydrogen) atoms. The molecule has 1 aromatic heterocycles. The molecule has 100 valence electrons. The van der Waals surface area contributed by atoms with Gasteiger partial charge in [-0.2, -0.15) is 0 Å². The van der Waals surface area contributed by atoms with Crippen LogP contribution in [-0.2, 0) is 4.74 Å². The van der Waals surface area contributed by atoms with E-state index in [0.29, 0.717) is 22.6 Å². The Morgan fingerprint density at radius 1 is 1.53 bits per heavy atom. The summed E-state index contributed by atoms with van der Waals surface area (Å²) in [6, 6.07) is 5.62. The molecule has 3 rings (SSSR count). The fourth-order valence-electron chi connectivity index (χ4n) is 1.96. The zero-order valence-electron chi connectivity index (χ0n) is 10.5. The van der Waals surface area contributed by atoms with Gasteiger partial charge in [-0.25, -0.2) is 4.79 Å². The lowest BCUT2D eigenvalue weighted by molar-refractivity contribution is 0.0516. The van der Waals surface area contributed by atoms with Crippen molar-refractivity contribution in [1.29, 1.82) is 0 Å². The highest BCUT2D eigenvalue weighted by atomic mass is 35.5. The SMILES string of the molecule is CCOC(=O)c1[nH]c2ccc(Cl)cc2c1SC1CC1. The Balaban J connectivity index is 2.10. The van der Waals surface area contributed by atoms with Crippen molar-refractivity contribution in [2.75, 3.05) is 6.61 Å². The molecule has 0 radical (unpaired) electrons. The van der Waals surface area contributed by atoms with Gasteiger partial charge in [0.2, 0.25) is 0 Å². The molecule has 0 unspecified atom stereocenters. The molecule has 2 aromatic rings. The number of hydrogen-bond donors (Lipinski definition) is 1. The number of nitrogens with one attached hydrogen (secondary N) is 1. The number of rotatable bonds is 4. The number of thioether (sulfide) groups is 1. The quantitative estimate of drug-likeness (QED) is 0.857. The van der Waals surface area contributed by atoms with Gasteiger partial charge >= 0.3 is 5.97 Å². The van der Waals surface area contributed by atoms with Crippen molar-refractivity contribution in [2.24, 2.45) is 0 Å². The summed E-state index contributed by atoms with van der Waals surface area (Å²) in [5.74, 6) is -0.294. The predicted octanol–water partition coefficient (Wildman–Crippen LogP) is 4.25. The van der Waals surface area contributed by atoms with E-state index in [0.717, 1.165) is 15.8 Å². The summed E-state index contributed by atoms with van der Waals surface area (Å²) < 4.78 is 5.11. The molecule has 1 fully saturated rings. The lowest BCUT2D eigenvalue weighted by atomic mass is 10.2. The third-order valence-electron chi connectivity index (χ3n) is 3.00. The Hall–Kier alpha value is -1.13. The van der Waals surface area contributed by atoms with E-state index in [4.69, 9.17) is 16.3 Å². The lowest BCUT2D eigenvalue weighted by Crippen LogP contribution is -2.06. The first-order valence-electron chi connectivity index (χ1n) is 6.34. The Labute approximate surface area is 120 Å². The van der Waals surface area contributed by atoms with Crippen molar-refractivity contribution in [3.63, 3.8) is 0 Å². The van der Waals surface area contributed by atoms with E-state index in [9.17, 15) is 4.79 Å². The zero-order valence-corrected chi connectivity index (χ0v) is 12.1. The van der Waals surface area contributed by atoms with E-state index in [-0.39, 0.29) is 5.97 Å². The summed E-state index contributed by atoms with van der Waals surface area (Å²) in [6.07, 6.45) is 2.42. The number of esters is 1. The van der Waals surface area contributed by atoms with Crippen molar-refractivity contribution in [3.05, 3.63) is 28.9 Å². The minimum absolute atomic E-state index is 0.294. The normalized spacial score (nSPS) is 14.8. The second-order valence-electron chi connectivity index (χ2n) is 4.56. The van der Waals surface area contributed by atoms with E-state index in [2.05, 4.69) is 4.98 Å². The highest BCUT2D eigenvalue weighted by molar-refractivity contribution is 8.00. The molecule has 1 saturated carbocycles. The van der Waals surface area contributed by atoms with Crippen LogP contribution in [0.15, 0.2) is 23.1 Å². The molecule has 0 atom stereocenters. The maximum Gasteiger partial charge on any atom is 0.355 e. The van der Waals surface area contributed by atoms with Crippen molar-refractivity contribution in [1.82, 2.24) is 4.98 Å². The molecular weight excluding hydrogens is 282 g/mol. The second kappa shape index (κ2) is 5.10. The Bertz CT molecular complexity index is 634. The Morgan fingerprint density at radius 3 is 3.00 bits per heavy atom. The van der Waals surface area contributed by atoms with Gasteiger partial charge in [0.05, 0.1) is 6.61 Å². The number of aromatic amines is 1. The van der Waals surface area contributed by atoms with Crippen LogP contribution in [0.5, 0.6) is 0 Å². The van der Waals surface area contributed by atoms with E-state index >= 15 is 0 Å². The van der Waals surface area contributed by atoms with Gasteiger partial charge < -0.3 is 9.72 Å². The molecule has 0 amide bonds. The molecule has 1 aliphatic rings. The molecule has 0 aliphatic heterocycles. The predicted molar refractivity (Wildman–Crippen MR) is 78.1 cm³/mol. The van der Waals surface area contributed by atoms with Gasteiger partial charge in [0.1, 0.15) is 5.69 Å². The zero-order chi connectivity index (χ0) is 13.4. The number of H-pyrrole nitrogens is 1. The third-order valence-corrected chi connectivity index (χ3v) is 4.70. The number of halogens is 1. The number of carbonyl (C=O) groups is 1. The standard InChI is InChI=1S/C14H14ClNO2S/c1-2-18-14(17)12-13(19-9-4-5-9)10-7-8(15)3-6-11(10)16-12/h3,6-7,9,16H,2,4-5H2,1H3. The number of benzene rings is 1. The van der Waals surface area contributed by atoms with Crippen LogP contribution in [-0.4, -0.2) is 22.8 Å². The van der Waals surface area contributed by atoms with Gasteiger partial charge in [-0.1, -0.05) is 11.6 Å². The van der Waals surface area contributed by atoms with Gasteiger partial charge in [0.15, 0.2) is 0 Å². The fourth-order valence-corrected chi connectivity index (χ4v) is 3.39. The summed E-state index contributed by atoms with van der Waals surface area (Å²) in [5.41, 5.74) is 1.48. The monoisotopic (exact) mass is 295 g/mol. The van der Waals surface area contributed by atoms with Gasteiger partial charge in [0.25, 0.3) is 0 Å². The summed E-state index contributed by atoms with van der Waals surface area (Å²) in [7, 11) is 0. The lowest BCUT2D eigenvalue weighted by Gasteiger charge is -2.03. The van der Waals surface area contributed by atoms with Crippen LogP contribution in [0.1, 0.15) is 30.3 Å². The van der Waals surface area contributed by atoms with Crippen LogP contribution in [0, 0.1) is 0 Å². The summed E-state index contributed by atoms with van der Waals surface area (Å²) >= 11 is 7.80. The van der Waals surface area contributed by atoms with E-state index in [1.54, 1.807) is 11.8 Å². The van der Waals surface area contributed by atoms with E-state index < -0.39 is 0 Å². The fraction of sp³-hybridized carbons (Fsp3) is 0.357. The topological polar surface area (TPSA) is 42.1 Å². The molecular formula is C14H14ClNO2S. The van der Waals surface area contributed by atoms with Crippen molar-refractivity contribution < 1.29 is 9.53 Å². The highest BCUT2D eigenvalue weighted by Gasteiger charge is 2.28. The molecule has 1 aliphatic carbocycles. The molecule has 0 saturated heterocycles. The minimum Gasteiger partial charge on any atom is -0.461 e. The first-order chi connectivity index (χ1) is 9.19. The van der Waals surface area contributed by atoms with Gasteiger partial charge in [0, 0.05) is 26.1 Å². The third kappa shape index (κ3) is 2.60. The second-order valence-corrected chi connectivity index (χ2v) is 6.30. The smallest absolute Gasteiger partial charge is 0.355 e. The molecule has 1 aromatic carbocycles. The number of ether oxygens (including phenoxy) is 1. The largest absolute Gasteiger partial charge is 0.461 e. The summed E-state index contributed by atoms with van der Waals surface area (Å²) in [6.45, 7) is 2.19. The van der Waals surface area contributed by atoms with Crippen molar-refractivity contribution in [2.45, 2.75) is 29.9 Å². The number of aromatic nitrogens is 1. The molecule has 0 bridgehead atoms. The summed E-state index contributed by atoms with van der Waals surface area (Å²) in [5, 5.41) is 2.30. The first-order valence-corrected chi connectivity index (χ1v) is 7.59. The molecule has 1 heterocycles. The number of carbonyl (C=O) groups excluding carboxylic acids is 1. The van der Waals surface area contributed by atoms with Crippen LogP contribution >= 0.6 is 23.4 Å². The van der Waals surface area contributed by atoms with Crippen LogP contribution in [0.3, 0.4) is 0 Å². The van der Waals surface area contributed by atoms with Gasteiger partial charge in [-0.3, -0.25) is 0 Å². The van der Waals surface area contributed by atoms with Crippen molar-refractivity contribution in [3.8, 4) is 0 Å². The average Bonchev–Trinajstić information content (AvgIpc) is 3.12. The molecule has 3 nitrogen and oxygen atoms in total. The van der Waals surface area contributed by atoms with Gasteiger partial charge in [-0.05, 0) is 38.0 Å². The van der Waals surface area contributed by atoms with Crippen LogP contribution in [0.25, 0.3) is 10.9 Å².